The Morgan fingerprint density at radius 1 is 1.00 bits per heavy atom. The highest BCUT2D eigenvalue weighted by Crippen LogP contribution is 2.30. The van der Waals surface area contributed by atoms with Gasteiger partial charge in [0, 0.05) is 29.3 Å². The molecule has 3 heterocycles. The van der Waals surface area contributed by atoms with E-state index in [-0.39, 0.29) is 59.3 Å². The number of aromatic amines is 1. The molecule has 5 rings (SSSR count). The topological polar surface area (TPSA) is 274 Å². The van der Waals surface area contributed by atoms with E-state index in [1.54, 1.807) is 12.1 Å². The van der Waals surface area contributed by atoms with Gasteiger partial charge in [0.1, 0.15) is 11.8 Å². The van der Waals surface area contributed by atoms with Crippen molar-refractivity contribution in [3.05, 3.63) is 65.0 Å². The molecule has 0 unspecified atom stereocenters. The molecule has 0 fully saturated rings. The normalized spacial score (nSPS) is 12.1. The van der Waals surface area contributed by atoms with Crippen LogP contribution in [0.25, 0.3) is 22.6 Å². The number of anilines is 3. The molecule has 1 amide bonds. The van der Waals surface area contributed by atoms with E-state index in [1.165, 1.54) is 18.3 Å². The zero-order valence-corrected chi connectivity index (χ0v) is 27.1. The Labute approximate surface area is 280 Å². The van der Waals surface area contributed by atoms with Gasteiger partial charge in [-0.1, -0.05) is 39.3 Å². The quantitative estimate of drug-likeness (QED) is 0.0701. The van der Waals surface area contributed by atoms with Gasteiger partial charge in [-0.2, -0.15) is 15.2 Å². The number of carbonyl (C=O) groups is 3. The number of nitrogens with zero attached hydrogens (tertiary/aromatic N) is 7. The molecule has 0 aliphatic carbocycles. The molecule has 2 aromatic carbocycles. The summed E-state index contributed by atoms with van der Waals surface area (Å²) >= 11 is 0. The molecule has 17 nitrogen and oxygen atoms in total. The van der Waals surface area contributed by atoms with Gasteiger partial charge in [-0.3, -0.25) is 9.59 Å². The maximum Gasteiger partial charge on any atom is 0.326 e. The van der Waals surface area contributed by atoms with Gasteiger partial charge in [-0.15, -0.1) is 10.2 Å². The number of H-pyrrole nitrogens is 1. The monoisotopic (exact) mass is 668 g/mol. The van der Waals surface area contributed by atoms with Crippen molar-refractivity contribution in [2.45, 2.75) is 64.5 Å². The molecule has 1 atom stereocenters. The van der Waals surface area contributed by atoms with Crippen molar-refractivity contribution in [3.63, 3.8) is 0 Å². The van der Waals surface area contributed by atoms with E-state index in [2.05, 4.69) is 72.0 Å². The first-order chi connectivity index (χ1) is 23.3. The number of unbranched alkanes of at least 4 members (excludes halogenated alkanes) is 1. The minimum atomic E-state index is -1.24. The zero-order chi connectivity index (χ0) is 35.3. The number of nitrogens with two attached hydrogens (primary N) is 2. The van der Waals surface area contributed by atoms with Crippen molar-refractivity contribution < 1.29 is 24.6 Å². The van der Waals surface area contributed by atoms with E-state index >= 15 is 0 Å². The molecule has 0 radical (unpaired) electrons. The number of phenols is 1. The first-order valence-corrected chi connectivity index (χ1v) is 15.4. The van der Waals surface area contributed by atoms with Crippen LogP contribution in [-0.4, -0.2) is 74.5 Å². The Kier molecular flexibility index (Phi) is 9.91. The SMILES string of the molecule is CC(C)(C)c1ccc(C(=O)CCCC[C@H](NC(=O)c2ccc(NCc3cnc4nc(N)nc(N)c4n3)cc2O)C(=O)O)c(-c2nn[nH]n2)c1. The summed E-state index contributed by atoms with van der Waals surface area (Å²) in [5.41, 5.74) is 14.7. The number of tetrazole rings is 1. The van der Waals surface area contributed by atoms with E-state index in [0.29, 0.717) is 46.7 Å². The number of Topliss-reactive ketones (excluding diaryl/α,β-unsaturated/α-hetero) is 1. The van der Waals surface area contributed by atoms with Crippen LogP contribution in [0.3, 0.4) is 0 Å². The van der Waals surface area contributed by atoms with Gasteiger partial charge < -0.3 is 32.3 Å². The van der Waals surface area contributed by atoms with Gasteiger partial charge in [-0.25, -0.2) is 14.8 Å². The maximum absolute atomic E-state index is 13.2. The number of fused-ring (bicyclic) bond motifs is 1. The second-order valence-electron chi connectivity index (χ2n) is 12.4. The standard InChI is InChI=1S/C32H36N12O5/c1-32(2,3)16-8-10-19(21(12-16)27-41-43-44-42-27)23(45)7-5-4-6-22(30(48)49)38-29(47)20-11-9-17(13-24(20)46)35-14-18-15-36-28-25(37-18)26(33)39-31(34)40-28/h8-13,15,22,35,46H,4-7,14H2,1-3H3,(H,38,47)(H,48,49)(H,41,42,43,44)(H4,33,34,36,39,40)/t22-/m0/s1. The smallest absolute Gasteiger partial charge is 0.326 e. The Balaban J connectivity index is 1.15. The second-order valence-corrected chi connectivity index (χ2v) is 12.4. The maximum atomic E-state index is 13.2. The van der Waals surface area contributed by atoms with Gasteiger partial charge in [0.15, 0.2) is 22.8 Å². The number of hydrogen-bond donors (Lipinski definition) is 7. The fourth-order valence-corrected chi connectivity index (χ4v) is 5.07. The summed E-state index contributed by atoms with van der Waals surface area (Å²) in [5, 5.41) is 40.0. The number of benzene rings is 2. The molecule has 49 heavy (non-hydrogen) atoms. The van der Waals surface area contributed by atoms with E-state index in [4.69, 9.17) is 11.5 Å². The number of hydrogen-bond acceptors (Lipinski definition) is 14. The van der Waals surface area contributed by atoms with Crippen LogP contribution < -0.4 is 22.1 Å². The number of ketones is 1. The van der Waals surface area contributed by atoms with E-state index < -0.39 is 17.9 Å². The molecular formula is C32H36N12O5. The molecule has 0 aliphatic heterocycles. The van der Waals surface area contributed by atoms with Crippen molar-refractivity contribution >= 4 is 46.3 Å². The number of carbonyl (C=O) groups excluding carboxylic acids is 2. The molecule has 9 N–H and O–H groups in total. The summed E-state index contributed by atoms with van der Waals surface area (Å²) < 4.78 is 0. The summed E-state index contributed by atoms with van der Waals surface area (Å²) in [5.74, 6) is -2.11. The lowest BCUT2D eigenvalue weighted by Gasteiger charge is -2.20. The predicted octanol–water partition coefficient (Wildman–Crippen LogP) is 3.01. The number of aromatic nitrogens is 8. The van der Waals surface area contributed by atoms with Crippen LogP contribution >= 0.6 is 0 Å². The summed E-state index contributed by atoms with van der Waals surface area (Å²) in [6.45, 7) is 6.38. The van der Waals surface area contributed by atoms with Crippen LogP contribution in [-0.2, 0) is 16.8 Å². The van der Waals surface area contributed by atoms with E-state index in [9.17, 15) is 24.6 Å². The van der Waals surface area contributed by atoms with Gasteiger partial charge in [0.25, 0.3) is 5.91 Å². The van der Waals surface area contributed by atoms with Gasteiger partial charge in [-0.05, 0) is 47.2 Å². The van der Waals surface area contributed by atoms with Crippen LogP contribution in [0, 0.1) is 0 Å². The number of nitrogens with one attached hydrogen (secondary N) is 3. The third kappa shape index (κ3) is 8.19. The number of nitrogen functional groups attached to an aromatic ring is 2. The van der Waals surface area contributed by atoms with Crippen LogP contribution in [0.2, 0.25) is 0 Å². The van der Waals surface area contributed by atoms with Crippen LogP contribution in [0.4, 0.5) is 17.5 Å². The van der Waals surface area contributed by atoms with Crippen LogP contribution in [0.1, 0.15) is 78.4 Å². The third-order valence-electron chi connectivity index (χ3n) is 7.74. The van der Waals surface area contributed by atoms with Crippen molar-refractivity contribution in [1.29, 1.82) is 0 Å². The van der Waals surface area contributed by atoms with E-state index in [1.807, 2.05) is 12.1 Å². The predicted molar refractivity (Wildman–Crippen MR) is 179 cm³/mol. The molecule has 5 aromatic rings. The van der Waals surface area contributed by atoms with Crippen molar-refractivity contribution in [1.82, 2.24) is 45.9 Å². The van der Waals surface area contributed by atoms with Crippen LogP contribution in [0.5, 0.6) is 5.75 Å². The minimum Gasteiger partial charge on any atom is -0.507 e. The second kappa shape index (κ2) is 14.2. The van der Waals surface area contributed by atoms with E-state index in [0.717, 1.165) is 5.56 Å². The summed E-state index contributed by atoms with van der Waals surface area (Å²) in [4.78, 5) is 54.6. The molecule has 254 valence electrons. The number of aromatic hydroxyl groups is 1. The van der Waals surface area contributed by atoms with Crippen molar-refractivity contribution in [3.8, 4) is 17.1 Å². The van der Waals surface area contributed by atoms with Crippen LogP contribution in [0.15, 0.2) is 42.6 Å². The number of carboxylic acids is 1. The molecule has 3 aromatic heterocycles. The van der Waals surface area contributed by atoms with Gasteiger partial charge in [0.2, 0.25) is 11.8 Å². The summed E-state index contributed by atoms with van der Waals surface area (Å²) in [6.07, 6.45) is 2.44. The zero-order valence-electron chi connectivity index (χ0n) is 27.1. The van der Waals surface area contributed by atoms with Gasteiger partial charge in [0.05, 0.1) is 24.0 Å². The highest BCUT2D eigenvalue weighted by atomic mass is 16.4. The Morgan fingerprint density at radius 2 is 1.78 bits per heavy atom. The lowest BCUT2D eigenvalue weighted by Crippen LogP contribution is -2.40. The molecule has 0 spiro atoms. The minimum absolute atomic E-state index is 0.0125. The molecule has 17 heteroatoms. The van der Waals surface area contributed by atoms with Crippen molar-refractivity contribution in [2.24, 2.45) is 0 Å². The molecular weight excluding hydrogens is 632 g/mol. The largest absolute Gasteiger partial charge is 0.507 e. The lowest BCUT2D eigenvalue weighted by atomic mass is 9.84. The van der Waals surface area contributed by atoms with Crippen molar-refractivity contribution in [2.75, 3.05) is 16.8 Å². The highest BCUT2D eigenvalue weighted by Gasteiger charge is 2.24. The average Bonchev–Trinajstić information content (AvgIpc) is 3.59. The fourth-order valence-electron chi connectivity index (χ4n) is 5.07. The molecule has 0 saturated heterocycles. The number of rotatable bonds is 13. The van der Waals surface area contributed by atoms with Gasteiger partial charge >= 0.3 is 5.97 Å². The number of phenolic OH excluding ortho intramolecular Hbond substituents is 1. The first-order valence-electron chi connectivity index (χ1n) is 15.4. The first kappa shape index (κ1) is 34.1. The average molecular weight is 669 g/mol. The lowest BCUT2D eigenvalue weighted by molar-refractivity contribution is -0.139. The highest BCUT2D eigenvalue weighted by molar-refractivity contribution is 6.02. The summed E-state index contributed by atoms with van der Waals surface area (Å²) in [6, 6.07) is 8.56. The number of amides is 1. The number of aliphatic carboxylic acids is 1. The molecule has 0 aliphatic rings. The number of carboxylic acid groups (broad SMARTS) is 1. The fraction of sp³-hybridized carbons (Fsp3) is 0.312. The Bertz CT molecular complexity index is 2010. The Morgan fingerprint density at radius 3 is 2.47 bits per heavy atom. The summed E-state index contributed by atoms with van der Waals surface area (Å²) in [7, 11) is 0. The molecule has 0 saturated carbocycles. The third-order valence-corrected chi connectivity index (χ3v) is 7.74. The Hall–Kier alpha value is -6.26. The molecule has 0 bridgehead atoms.